The van der Waals surface area contributed by atoms with Gasteiger partial charge in [-0.3, -0.25) is 4.40 Å². The van der Waals surface area contributed by atoms with E-state index in [1.165, 1.54) is 5.56 Å². The Labute approximate surface area is 127 Å². The predicted octanol–water partition coefficient (Wildman–Crippen LogP) is 4.14. The van der Waals surface area contributed by atoms with Gasteiger partial charge in [0.2, 0.25) is 0 Å². The molecule has 2 aromatic heterocycles. The van der Waals surface area contributed by atoms with E-state index in [-0.39, 0.29) is 0 Å². The molecule has 0 aliphatic rings. The number of nitrogens with zero attached hydrogens (tertiary/aromatic N) is 3. The summed E-state index contributed by atoms with van der Waals surface area (Å²) in [4.78, 5) is 6.77. The van der Waals surface area contributed by atoms with Crippen molar-refractivity contribution >= 4 is 27.1 Å². The lowest BCUT2D eigenvalue weighted by Gasteiger charge is -2.13. The van der Waals surface area contributed by atoms with Crippen molar-refractivity contribution in [2.45, 2.75) is 6.92 Å². The van der Waals surface area contributed by atoms with E-state index >= 15 is 0 Å². The number of benzene rings is 1. The Kier molecular flexibility index (Phi) is 3.26. The van der Waals surface area contributed by atoms with Gasteiger partial charge in [-0.15, -0.1) is 0 Å². The summed E-state index contributed by atoms with van der Waals surface area (Å²) < 4.78 is 3.02. The van der Waals surface area contributed by atoms with Crippen LogP contribution in [0.3, 0.4) is 0 Å². The molecule has 0 aliphatic carbocycles. The molecule has 0 amide bonds. The van der Waals surface area contributed by atoms with Gasteiger partial charge in [-0.1, -0.05) is 24.3 Å². The van der Waals surface area contributed by atoms with Crippen LogP contribution >= 0.6 is 15.9 Å². The van der Waals surface area contributed by atoms with E-state index in [9.17, 15) is 0 Å². The van der Waals surface area contributed by atoms with E-state index in [4.69, 9.17) is 0 Å². The van der Waals surface area contributed by atoms with Gasteiger partial charge in [-0.2, -0.15) is 0 Å². The maximum absolute atomic E-state index is 4.68. The Balaban J connectivity index is 2.31. The van der Waals surface area contributed by atoms with Gasteiger partial charge in [-0.05, 0) is 40.5 Å². The number of aromatic nitrogens is 2. The maximum Gasteiger partial charge on any atom is 0.146 e. The first-order chi connectivity index (χ1) is 9.58. The molecule has 2 heterocycles. The van der Waals surface area contributed by atoms with Crippen LogP contribution in [0.15, 0.2) is 47.2 Å². The Morgan fingerprint density at radius 2 is 1.85 bits per heavy atom. The number of aryl methyl sites for hydroxylation is 1. The molecule has 102 valence electrons. The highest BCUT2D eigenvalue weighted by atomic mass is 79.9. The molecule has 3 aromatic rings. The summed E-state index contributed by atoms with van der Waals surface area (Å²) in [6, 6.07) is 12.5. The van der Waals surface area contributed by atoms with E-state index < -0.39 is 0 Å². The summed E-state index contributed by atoms with van der Waals surface area (Å²) in [7, 11) is 4.08. The SMILES string of the molecule is Cc1ccccc1-c1nc(Br)c2ccc(N(C)C)cn12. The molecular formula is C16H16BrN3. The summed E-state index contributed by atoms with van der Waals surface area (Å²) in [6.45, 7) is 2.11. The van der Waals surface area contributed by atoms with E-state index in [0.29, 0.717) is 0 Å². The van der Waals surface area contributed by atoms with Gasteiger partial charge in [0, 0.05) is 25.9 Å². The Hall–Kier alpha value is -1.81. The van der Waals surface area contributed by atoms with Crippen LogP contribution in [0.5, 0.6) is 0 Å². The van der Waals surface area contributed by atoms with Crippen LogP contribution in [0.25, 0.3) is 16.9 Å². The van der Waals surface area contributed by atoms with Crippen LogP contribution in [-0.4, -0.2) is 23.5 Å². The van der Waals surface area contributed by atoms with E-state index in [1.54, 1.807) is 0 Å². The number of pyridine rings is 1. The zero-order valence-electron chi connectivity index (χ0n) is 11.8. The van der Waals surface area contributed by atoms with Gasteiger partial charge in [0.15, 0.2) is 0 Å². The molecule has 0 spiro atoms. The van der Waals surface area contributed by atoms with Crippen LogP contribution in [0.2, 0.25) is 0 Å². The smallest absolute Gasteiger partial charge is 0.146 e. The summed E-state index contributed by atoms with van der Waals surface area (Å²) >= 11 is 3.56. The van der Waals surface area contributed by atoms with Crippen molar-refractivity contribution in [2.75, 3.05) is 19.0 Å². The number of hydrogen-bond donors (Lipinski definition) is 0. The Morgan fingerprint density at radius 1 is 1.10 bits per heavy atom. The average molecular weight is 330 g/mol. The van der Waals surface area contributed by atoms with Crippen molar-refractivity contribution in [3.05, 3.63) is 52.8 Å². The van der Waals surface area contributed by atoms with Crippen LogP contribution in [0.1, 0.15) is 5.56 Å². The van der Waals surface area contributed by atoms with Crippen molar-refractivity contribution in [3.63, 3.8) is 0 Å². The third-order valence-electron chi connectivity index (χ3n) is 3.48. The van der Waals surface area contributed by atoms with Crippen molar-refractivity contribution in [3.8, 4) is 11.4 Å². The number of anilines is 1. The number of hydrogen-bond acceptors (Lipinski definition) is 2. The second-order valence-corrected chi connectivity index (χ2v) is 5.83. The van der Waals surface area contributed by atoms with Crippen molar-refractivity contribution in [1.82, 2.24) is 9.38 Å². The monoisotopic (exact) mass is 329 g/mol. The lowest BCUT2D eigenvalue weighted by molar-refractivity contribution is 1.08. The topological polar surface area (TPSA) is 20.5 Å². The quantitative estimate of drug-likeness (QED) is 0.704. The fraction of sp³-hybridized carbons (Fsp3) is 0.188. The Bertz CT molecular complexity index is 774. The second kappa shape index (κ2) is 4.94. The zero-order chi connectivity index (χ0) is 14.3. The van der Waals surface area contributed by atoms with E-state index in [2.05, 4.69) is 73.7 Å². The Morgan fingerprint density at radius 3 is 2.55 bits per heavy atom. The normalized spacial score (nSPS) is 11.0. The molecule has 0 fully saturated rings. The van der Waals surface area contributed by atoms with Crippen molar-refractivity contribution in [2.24, 2.45) is 0 Å². The highest BCUT2D eigenvalue weighted by molar-refractivity contribution is 9.10. The molecule has 0 bridgehead atoms. The van der Waals surface area contributed by atoms with Crippen molar-refractivity contribution < 1.29 is 0 Å². The minimum atomic E-state index is 0.876. The molecule has 0 atom stereocenters. The minimum absolute atomic E-state index is 0.876. The van der Waals surface area contributed by atoms with Gasteiger partial charge in [0.05, 0.1) is 11.2 Å². The molecule has 0 unspecified atom stereocenters. The molecule has 4 heteroatoms. The third kappa shape index (κ3) is 2.10. The van der Waals surface area contributed by atoms with Gasteiger partial charge >= 0.3 is 0 Å². The van der Waals surface area contributed by atoms with Crippen LogP contribution in [-0.2, 0) is 0 Å². The first kappa shape index (κ1) is 13.2. The first-order valence-corrected chi connectivity index (χ1v) is 7.28. The summed E-state index contributed by atoms with van der Waals surface area (Å²) in [5, 5.41) is 0. The largest absolute Gasteiger partial charge is 0.376 e. The first-order valence-electron chi connectivity index (χ1n) is 6.49. The lowest BCUT2D eigenvalue weighted by atomic mass is 10.1. The van der Waals surface area contributed by atoms with Gasteiger partial charge < -0.3 is 4.90 Å². The molecule has 0 radical (unpaired) electrons. The number of fused-ring (bicyclic) bond motifs is 1. The average Bonchev–Trinajstić information content (AvgIpc) is 2.76. The molecule has 3 rings (SSSR count). The molecular weight excluding hydrogens is 314 g/mol. The standard InChI is InChI=1S/C16H16BrN3/c1-11-6-4-5-7-13(11)16-18-15(17)14-9-8-12(19(2)3)10-20(14)16/h4-10H,1-3H3. The predicted molar refractivity (Wildman–Crippen MR) is 87.4 cm³/mol. The van der Waals surface area contributed by atoms with Gasteiger partial charge in [0.25, 0.3) is 0 Å². The van der Waals surface area contributed by atoms with Crippen LogP contribution < -0.4 is 4.90 Å². The van der Waals surface area contributed by atoms with E-state index in [1.807, 2.05) is 20.2 Å². The molecule has 1 aromatic carbocycles. The summed E-state index contributed by atoms with van der Waals surface area (Å²) in [6.07, 6.45) is 2.12. The number of imidazole rings is 1. The number of halogens is 1. The van der Waals surface area contributed by atoms with Gasteiger partial charge in [-0.25, -0.2) is 4.98 Å². The third-order valence-corrected chi connectivity index (χ3v) is 4.06. The van der Waals surface area contributed by atoms with Gasteiger partial charge in [0.1, 0.15) is 10.4 Å². The van der Waals surface area contributed by atoms with Crippen LogP contribution in [0, 0.1) is 6.92 Å². The summed E-state index contributed by atoms with van der Waals surface area (Å²) in [5.74, 6) is 0.966. The molecule has 3 nitrogen and oxygen atoms in total. The van der Waals surface area contributed by atoms with Crippen molar-refractivity contribution in [1.29, 1.82) is 0 Å². The fourth-order valence-corrected chi connectivity index (χ4v) is 2.81. The zero-order valence-corrected chi connectivity index (χ0v) is 13.3. The minimum Gasteiger partial charge on any atom is -0.376 e. The molecule has 20 heavy (non-hydrogen) atoms. The summed E-state index contributed by atoms with van der Waals surface area (Å²) in [5.41, 5.74) is 4.61. The molecule has 0 saturated heterocycles. The van der Waals surface area contributed by atoms with Crippen LogP contribution in [0.4, 0.5) is 5.69 Å². The molecule has 0 N–H and O–H groups in total. The lowest BCUT2D eigenvalue weighted by Crippen LogP contribution is -2.09. The highest BCUT2D eigenvalue weighted by Gasteiger charge is 2.13. The second-order valence-electron chi connectivity index (χ2n) is 5.08. The fourth-order valence-electron chi connectivity index (χ4n) is 2.32. The molecule has 0 saturated carbocycles. The highest BCUT2D eigenvalue weighted by Crippen LogP contribution is 2.29. The number of rotatable bonds is 2. The molecule has 0 aliphatic heterocycles. The maximum atomic E-state index is 4.68. The van der Waals surface area contributed by atoms with E-state index in [0.717, 1.165) is 27.2 Å².